The number of hydrogen-bond acceptors (Lipinski definition) is 2. The highest BCUT2D eigenvalue weighted by atomic mass is 127. The van der Waals surface area contributed by atoms with Crippen LogP contribution in [0.25, 0.3) is 0 Å². The second kappa shape index (κ2) is 5.40. The van der Waals surface area contributed by atoms with Gasteiger partial charge in [0.15, 0.2) is 0 Å². The van der Waals surface area contributed by atoms with Crippen LogP contribution in [-0.2, 0) is 6.61 Å². The number of nitrogens with two attached hydrogens (primary N) is 1. The molecule has 0 fully saturated rings. The molecule has 2 aromatic rings. The van der Waals surface area contributed by atoms with E-state index in [1.807, 2.05) is 37.3 Å². The molecule has 88 valence electrons. The summed E-state index contributed by atoms with van der Waals surface area (Å²) in [5.74, 6) is 0.884. The van der Waals surface area contributed by atoms with Crippen LogP contribution in [0.15, 0.2) is 42.5 Å². The molecule has 0 heterocycles. The van der Waals surface area contributed by atoms with Crippen molar-refractivity contribution in [2.45, 2.75) is 13.5 Å². The first-order valence-electron chi connectivity index (χ1n) is 5.40. The molecule has 0 aromatic heterocycles. The average Bonchev–Trinajstić information content (AvgIpc) is 2.35. The molecule has 0 saturated heterocycles. The van der Waals surface area contributed by atoms with E-state index in [0.29, 0.717) is 6.61 Å². The van der Waals surface area contributed by atoms with Crippen LogP contribution in [-0.4, -0.2) is 0 Å². The van der Waals surface area contributed by atoms with E-state index in [-0.39, 0.29) is 0 Å². The molecule has 0 atom stereocenters. The van der Waals surface area contributed by atoms with Crippen molar-refractivity contribution < 1.29 is 4.74 Å². The summed E-state index contributed by atoms with van der Waals surface area (Å²) in [6.07, 6.45) is 0. The number of hydrogen-bond donors (Lipinski definition) is 1. The van der Waals surface area contributed by atoms with Crippen molar-refractivity contribution in [1.29, 1.82) is 0 Å². The Labute approximate surface area is 115 Å². The molecule has 2 N–H and O–H groups in total. The number of anilines is 1. The van der Waals surface area contributed by atoms with Crippen LogP contribution in [0.3, 0.4) is 0 Å². The summed E-state index contributed by atoms with van der Waals surface area (Å²) in [6, 6.07) is 14.0. The molecule has 0 aliphatic carbocycles. The third-order valence-electron chi connectivity index (χ3n) is 2.55. The van der Waals surface area contributed by atoms with E-state index in [1.165, 1.54) is 0 Å². The minimum atomic E-state index is 0.571. The molecule has 2 aromatic carbocycles. The molecule has 2 rings (SSSR count). The van der Waals surface area contributed by atoms with E-state index >= 15 is 0 Å². The lowest BCUT2D eigenvalue weighted by atomic mass is 10.2. The highest BCUT2D eigenvalue weighted by Gasteiger charge is 2.08. The Kier molecular flexibility index (Phi) is 3.89. The molecule has 17 heavy (non-hydrogen) atoms. The first-order valence-corrected chi connectivity index (χ1v) is 6.47. The third kappa shape index (κ3) is 2.91. The minimum Gasteiger partial charge on any atom is -0.487 e. The molecule has 2 nitrogen and oxygen atoms in total. The summed E-state index contributed by atoms with van der Waals surface area (Å²) >= 11 is 2.22. The zero-order chi connectivity index (χ0) is 12.3. The number of rotatable bonds is 3. The standard InChI is InChI=1S/C14H14INO/c1-10-7-8-12(16)13(15)14(10)17-9-11-5-3-2-4-6-11/h2-8H,9,16H2,1H3. The normalized spacial score (nSPS) is 10.2. The quantitative estimate of drug-likeness (QED) is 0.683. The smallest absolute Gasteiger partial charge is 0.138 e. The Morgan fingerprint density at radius 2 is 1.82 bits per heavy atom. The fourth-order valence-corrected chi connectivity index (χ4v) is 2.34. The second-order valence-electron chi connectivity index (χ2n) is 3.89. The van der Waals surface area contributed by atoms with E-state index in [1.54, 1.807) is 0 Å². The highest BCUT2D eigenvalue weighted by Crippen LogP contribution is 2.30. The van der Waals surface area contributed by atoms with E-state index < -0.39 is 0 Å². The number of halogens is 1. The van der Waals surface area contributed by atoms with Crippen molar-refractivity contribution in [3.8, 4) is 5.75 Å². The zero-order valence-corrected chi connectivity index (χ0v) is 11.8. The van der Waals surface area contributed by atoms with Crippen LogP contribution in [0.2, 0.25) is 0 Å². The largest absolute Gasteiger partial charge is 0.487 e. The van der Waals surface area contributed by atoms with Gasteiger partial charge in [-0.05, 0) is 46.7 Å². The van der Waals surface area contributed by atoms with Gasteiger partial charge < -0.3 is 10.5 Å². The topological polar surface area (TPSA) is 35.2 Å². The molecule has 0 unspecified atom stereocenters. The molecule has 0 aliphatic heterocycles. The van der Waals surface area contributed by atoms with Crippen molar-refractivity contribution in [2.24, 2.45) is 0 Å². The number of benzene rings is 2. The van der Waals surface area contributed by atoms with Crippen LogP contribution in [0, 0.1) is 10.5 Å². The minimum absolute atomic E-state index is 0.571. The van der Waals surface area contributed by atoms with Gasteiger partial charge in [-0.2, -0.15) is 0 Å². The van der Waals surface area contributed by atoms with Crippen molar-refractivity contribution in [3.05, 3.63) is 57.2 Å². The van der Waals surface area contributed by atoms with E-state index in [0.717, 1.165) is 26.1 Å². The predicted octanol–water partition coefficient (Wildman–Crippen LogP) is 3.76. The lowest BCUT2D eigenvalue weighted by molar-refractivity contribution is 0.302. The fraction of sp³-hybridized carbons (Fsp3) is 0.143. The Morgan fingerprint density at radius 3 is 2.53 bits per heavy atom. The maximum Gasteiger partial charge on any atom is 0.138 e. The highest BCUT2D eigenvalue weighted by molar-refractivity contribution is 14.1. The molecule has 0 aliphatic rings. The van der Waals surface area contributed by atoms with E-state index in [9.17, 15) is 0 Å². The number of aryl methyl sites for hydroxylation is 1. The van der Waals surface area contributed by atoms with Crippen molar-refractivity contribution in [3.63, 3.8) is 0 Å². The summed E-state index contributed by atoms with van der Waals surface area (Å²) in [5, 5.41) is 0. The summed E-state index contributed by atoms with van der Waals surface area (Å²) in [6.45, 7) is 2.60. The SMILES string of the molecule is Cc1ccc(N)c(I)c1OCc1ccccc1. The summed E-state index contributed by atoms with van der Waals surface area (Å²) in [4.78, 5) is 0. The van der Waals surface area contributed by atoms with Gasteiger partial charge in [0.1, 0.15) is 12.4 Å². The van der Waals surface area contributed by atoms with Gasteiger partial charge in [-0.15, -0.1) is 0 Å². The van der Waals surface area contributed by atoms with Gasteiger partial charge in [0.25, 0.3) is 0 Å². The third-order valence-corrected chi connectivity index (χ3v) is 3.66. The van der Waals surface area contributed by atoms with Crippen LogP contribution < -0.4 is 10.5 Å². The molecule has 0 bridgehead atoms. The maximum absolute atomic E-state index is 5.87. The van der Waals surface area contributed by atoms with Crippen LogP contribution in [0.4, 0.5) is 5.69 Å². The molecular formula is C14H14INO. The first-order chi connectivity index (χ1) is 8.18. The molecule has 0 radical (unpaired) electrons. The molecule has 3 heteroatoms. The first kappa shape index (κ1) is 12.2. The van der Waals surface area contributed by atoms with Gasteiger partial charge in [0.2, 0.25) is 0 Å². The molecular weight excluding hydrogens is 325 g/mol. The fourth-order valence-electron chi connectivity index (χ4n) is 1.57. The Hall–Kier alpha value is -1.23. The zero-order valence-electron chi connectivity index (χ0n) is 9.61. The molecule has 0 saturated carbocycles. The lowest BCUT2D eigenvalue weighted by Gasteiger charge is -2.12. The Balaban J connectivity index is 2.17. The Morgan fingerprint density at radius 1 is 1.12 bits per heavy atom. The maximum atomic E-state index is 5.87. The van der Waals surface area contributed by atoms with Crippen LogP contribution in [0.1, 0.15) is 11.1 Å². The van der Waals surface area contributed by atoms with Gasteiger partial charge in [0.05, 0.1) is 3.57 Å². The molecule has 0 amide bonds. The van der Waals surface area contributed by atoms with Gasteiger partial charge in [0, 0.05) is 5.69 Å². The van der Waals surface area contributed by atoms with Crippen molar-refractivity contribution in [1.82, 2.24) is 0 Å². The summed E-state index contributed by atoms with van der Waals surface area (Å²) in [5.41, 5.74) is 8.90. The van der Waals surface area contributed by atoms with Crippen molar-refractivity contribution >= 4 is 28.3 Å². The number of ether oxygens (including phenoxy) is 1. The van der Waals surface area contributed by atoms with Crippen LogP contribution in [0.5, 0.6) is 5.75 Å². The average molecular weight is 339 g/mol. The second-order valence-corrected chi connectivity index (χ2v) is 4.97. The van der Waals surface area contributed by atoms with Gasteiger partial charge >= 0.3 is 0 Å². The number of nitrogen functional groups attached to an aromatic ring is 1. The summed E-state index contributed by atoms with van der Waals surface area (Å²) < 4.78 is 6.83. The monoisotopic (exact) mass is 339 g/mol. The van der Waals surface area contributed by atoms with Crippen LogP contribution >= 0.6 is 22.6 Å². The van der Waals surface area contributed by atoms with E-state index in [2.05, 4.69) is 34.7 Å². The van der Waals surface area contributed by atoms with Gasteiger partial charge in [-0.3, -0.25) is 0 Å². The molecule has 0 spiro atoms. The Bertz CT molecular complexity index is 511. The van der Waals surface area contributed by atoms with Gasteiger partial charge in [-0.25, -0.2) is 0 Å². The van der Waals surface area contributed by atoms with E-state index in [4.69, 9.17) is 10.5 Å². The predicted molar refractivity (Wildman–Crippen MR) is 79.1 cm³/mol. The van der Waals surface area contributed by atoms with Gasteiger partial charge in [-0.1, -0.05) is 36.4 Å². The lowest BCUT2D eigenvalue weighted by Crippen LogP contribution is -2.01. The van der Waals surface area contributed by atoms with Crippen molar-refractivity contribution in [2.75, 3.05) is 5.73 Å². The summed E-state index contributed by atoms with van der Waals surface area (Å²) in [7, 11) is 0.